The molecule has 1 fully saturated rings. The summed E-state index contributed by atoms with van der Waals surface area (Å²) in [6.07, 6.45) is 8.76. The van der Waals surface area contributed by atoms with Gasteiger partial charge in [0.05, 0.1) is 6.20 Å². The molecule has 0 aromatic carbocycles. The predicted octanol–water partition coefficient (Wildman–Crippen LogP) is 0.985. The van der Waals surface area contributed by atoms with Crippen molar-refractivity contribution in [3.8, 4) is 0 Å². The van der Waals surface area contributed by atoms with Crippen molar-refractivity contribution < 1.29 is 0 Å². The van der Waals surface area contributed by atoms with Crippen molar-refractivity contribution in [3.05, 3.63) is 18.0 Å². The minimum Gasteiger partial charge on any atom is -0.276 e. The van der Waals surface area contributed by atoms with E-state index in [1.807, 2.05) is 17.9 Å². The number of hydrogen-bond donors (Lipinski definition) is 2. The molecule has 4 nitrogen and oxygen atoms in total. The lowest BCUT2D eigenvalue weighted by atomic mass is 9.94. The Morgan fingerprint density at radius 1 is 1.67 bits per heavy atom. The van der Waals surface area contributed by atoms with E-state index in [1.165, 1.54) is 18.4 Å². The summed E-state index contributed by atoms with van der Waals surface area (Å²) in [5.74, 6) is 5.60. The predicted molar refractivity (Wildman–Crippen MR) is 60.0 cm³/mol. The van der Waals surface area contributed by atoms with Crippen molar-refractivity contribution in [1.82, 2.24) is 15.2 Å². The summed E-state index contributed by atoms with van der Waals surface area (Å²) >= 11 is 0. The minimum absolute atomic E-state index is 0.441. The van der Waals surface area contributed by atoms with E-state index in [0.29, 0.717) is 11.5 Å². The molecule has 2 rings (SSSR count). The maximum Gasteiger partial charge on any atom is 0.0521 e. The van der Waals surface area contributed by atoms with E-state index in [2.05, 4.69) is 23.6 Å². The van der Waals surface area contributed by atoms with Crippen molar-refractivity contribution in [2.45, 2.75) is 38.6 Å². The summed E-state index contributed by atoms with van der Waals surface area (Å²) in [6, 6.07) is 0.442. The summed E-state index contributed by atoms with van der Waals surface area (Å²) in [6.45, 7) is 2.31. The number of nitrogens with two attached hydrogens (primary N) is 1. The second kappa shape index (κ2) is 3.94. The van der Waals surface area contributed by atoms with E-state index >= 15 is 0 Å². The second-order valence-corrected chi connectivity index (χ2v) is 4.93. The average molecular weight is 208 g/mol. The molecular formula is C11H20N4. The number of hydrogen-bond acceptors (Lipinski definition) is 3. The Bertz CT molecular complexity index is 327. The van der Waals surface area contributed by atoms with E-state index in [9.17, 15) is 0 Å². The largest absolute Gasteiger partial charge is 0.276 e. The highest BCUT2D eigenvalue weighted by molar-refractivity contribution is 5.06. The fourth-order valence-corrected chi connectivity index (χ4v) is 2.09. The van der Waals surface area contributed by atoms with Gasteiger partial charge in [-0.05, 0) is 36.7 Å². The molecule has 1 aliphatic carbocycles. The van der Waals surface area contributed by atoms with Gasteiger partial charge in [0, 0.05) is 19.3 Å². The van der Waals surface area contributed by atoms with Crippen LogP contribution in [0.1, 0.15) is 31.7 Å². The lowest BCUT2D eigenvalue weighted by molar-refractivity contribution is 0.342. The molecule has 15 heavy (non-hydrogen) atoms. The molecular weight excluding hydrogens is 188 g/mol. The van der Waals surface area contributed by atoms with Crippen LogP contribution in [0.15, 0.2) is 12.4 Å². The molecule has 1 aromatic rings. The van der Waals surface area contributed by atoms with E-state index < -0.39 is 0 Å². The zero-order valence-electron chi connectivity index (χ0n) is 9.53. The Balaban J connectivity index is 1.86. The fourth-order valence-electron chi connectivity index (χ4n) is 2.09. The standard InChI is InChI=1S/C11H20N4/c1-11(5-6-11)10(14-12)4-3-9-7-13-15(2)8-9/h7-8,10,14H,3-6,12H2,1-2H3. The van der Waals surface area contributed by atoms with Crippen LogP contribution in [0.25, 0.3) is 0 Å². The van der Waals surface area contributed by atoms with Crippen LogP contribution >= 0.6 is 0 Å². The van der Waals surface area contributed by atoms with Crippen LogP contribution in [0.2, 0.25) is 0 Å². The first-order valence-corrected chi connectivity index (χ1v) is 5.58. The molecule has 4 heteroatoms. The molecule has 84 valence electrons. The van der Waals surface area contributed by atoms with Gasteiger partial charge in [-0.15, -0.1) is 0 Å². The third-order valence-corrected chi connectivity index (χ3v) is 3.56. The molecule has 0 spiro atoms. The number of aromatic nitrogens is 2. The van der Waals surface area contributed by atoms with Crippen molar-refractivity contribution >= 4 is 0 Å². The highest BCUT2D eigenvalue weighted by atomic mass is 15.2. The average Bonchev–Trinajstić information content (AvgIpc) is 2.80. The minimum atomic E-state index is 0.441. The Hall–Kier alpha value is -0.870. The lowest BCUT2D eigenvalue weighted by Crippen LogP contribution is -2.41. The third-order valence-electron chi connectivity index (χ3n) is 3.56. The maximum atomic E-state index is 5.60. The van der Waals surface area contributed by atoms with Gasteiger partial charge < -0.3 is 0 Å². The zero-order valence-corrected chi connectivity index (χ0v) is 9.53. The van der Waals surface area contributed by atoms with Crippen LogP contribution in [0.3, 0.4) is 0 Å². The molecule has 0 aliphatic heterocycles. The van der Waals surface area contributed by atoms with E-state index in [-0.39, 0.29) is 0 Å². The van der Waals surface area contributed by atoms with Crippen LogP contribution in [0, 0.1) is 5.41 Å². The van der Waals surface area contributed by atoms with Gasteiger partial charge in [-0.25, -0.2) is 0 Å². The Morgan fingerprint density at radius 3 is 2.87 bits per heavy atom. The van der Waals surface area contributed by atoms with Crippen LogP contribution in [-0.4, -0.2) is 15.8 Å². The van der Waals surface area contributed by atoms with Crippen molar-refractivity contribution in [2.75, 3.05) is 0 Å². The zero-order chi connectivity index (χ0) is 10.9. The molecule has 1 saturated carbocycles. The normalized spacial score (nSPS) is 20.2. The van der Waals surface area contributed by atoms with Gasteiger partial charge in [-0.2, -0.15) is 5.10 Å². The number of nitrogens with zero attached hydrogens (tertiary/aromatic N) is 2. The van der Waals surface area contributed by atoms with Gasteiger partial charge in [-0.3, -0.25) is 16.0 Å². The smallest absolute Gasteiger partial charge is 0.0521 e. The van der Waals surface area contributed by atoms with Gasteiger partial charge in [0.25, 0.3) is 0 Å². The fraction of sp³-hybridized carbons (Fsp3) is 0.727. The summed E-state index contributed by atoms with van der Waals surface area (Å²) in [5, 5.41) is 4.16. The van der Waals surface area contributed by atoms with Crippen LogP contribution < -0.4 is 11.3 Å². The number of rotatable bonds is 5. The molecule has 1 heterocycles. The molecule has 1 aromatic heterocycles. The van der Waals surface area contributed by atoms with Crippen LogP contribution in [-0.2, 0) is 13.5 Å². The first-order valence-electron chi connectivity index (χ1n) is 5.58. The molecule has 0 saturated heterocycles. The maximum absolute atomic E-state index is 5.60. The van der Waals surface area contributed by atoms with E-state index in [0.717, 1.165) is 12.8 Å². The molecule has 0 radical (unpaired) electrons. The Morgan fingerprint density at radius 2 is 2.40 bits per heavy atom. The first-order chi connectivity index (χ1) is 7.14. The Kier molecular flexibility index (Phi) is 2.80. The van der Waals surface area contributed by atoms with Gasteiger partial charge in [0.1, 0.15) is 0 Å². The van der Waals surface area contributed by atoms with E-state index in [1.54, 1.807) is 0 Å². The molecule has 1 unspecified atom stereocenters. The topological polar surface area (TPSA) is 55.9 Å². The monoisotopic (exact) mass is 208 g/mol. The van der Waals surface area contributed by atoms with Crippen molar-refractivity contribution in [1.29, 1.82) is 0 Å². The molecule has 0 amide bonds. The quantitative estimate of drug-likeness (QED) is 0.560. The lowest BCUT2D eigenvalue weighted by Gasteiger charge is -2.22. The van der Waals surface area contributed by atoms with Gasteiger partial charge in [-0.1, -0.05) is 6.92 Å². The van der Waals surface area contributed by atoms with Gasteiger partial charge in [0.2, 0.25) is 0 Å². The third kappa shape index (κ3) is 2.38. The number of aryl methyl sites for hydroxylation is 2. The highest BCUT2D eigenvalue weighted by Crippen LogP contribution is 2.48. The van der Waals surface area contributed by atoms with Crippen LogP contribution in [0.4, 0.5) is 0 Å². The van der Waals surface area contributed by atoms with E-state index in [4.69, 9.17) is 5.84 Å². The molecule has 1 aliphatic rings. The van der Waals surface area contributed by atoms with Gasteiger partial charge in [0.15, 0.2) is 0 Å². The SMILES string of the molecule is Cn1cc(CCC(NN)C2(C)CC2)cn1. The van der Waals surface area contributed by atoms with Crippen molar-refractivity contribution in [2.24, 2.45) is 18.3 Å². The molecule has 0 bridgehead atoms. The van der Waals surface area contributed by atoms with Crippen LogP contribution in [0.5, 0.6) is 0 Å². The molecule has 1 atom stereocenters. The summed E-state index contributed by atoms with van der Waals surface area (Å²) < 4.78 is 1.85. The summed E-state index contributed by atoms with van der Waals surface area (Å²) in [5.41, 5.74) is 4.69. The highest BCUT2D eigenvalue weighted by Gasteiger charge is 2.43. The van der Waals surface area contributed by atoms with Gasteiger partial charge >= 0.3 is 0 Å². The van der Waals surface area contributed by atoms with Crippen molar-refractivity contribution in [3.63, 3.8) is 0 Å². The number of nitrogens with one attached hydrogen (secondary N) is 1. The molecule has 3 N–H and O–H groups in total. The Labute approximate surface area is 90.8 Å². The second-order valence-electron chi connectivity index (χ2n) is 4.93. The summed E-state index contributed by atoms with van der Waals surface area (Å²) in [4.78, 5) is 0. The number of hydrazine groups is 1. The summed E-state index contributed by atoms with van der Waals surface area (Å²) in [7, 11) is 1.95. The first kappa shape index (κ1) is 10.6.